The summed E-state index contributed by atoms with van der Waals surface area (Å²) >= 11 is 0. The molecule has 0 unspecified atom stereocenters. The zero-order valence-corrected chi connectivity index (χ0v) is 21.1. The number of anilines is 1. The highest BCUT2D eigenvalue weighted by Crippen LogP contribution is 2.38. The first-order valence-corrected chi connectivity index (χ1v) is 12.0. The van der Waals surface area contributed by atoms with Crippen molar-refractivity contribution in [3.05, 3.63) is 59.7 Å². The standard InChI is InChI=1S/C26H23F5N6O2/c1-26(2,3)25(38)36-7-6-12(10-36)37-24-18(23(32)33-11-34-24)21(35-37)14-5-4-13(8-15(14)27)39-22-19(30)16(28)9-17(29)20(22)31/h4-5,8-9,11-12H,6-7,10H2,1-3H3,(H2,32,33,34)/t12-/m1/s1. The molecule has 2 aromatic carbocycles. The van der Waals surface area contributed by atoms with Crippen LogP contribution in [0.2, 0.25) is 0 Å². The van der Waals surface area contributed by atoms with Gasteiger partial charge >= 0.3 is 0 Å². The molecule has 0 spiro atoms. The first-order valence-electron chi connectivity index (χ1n) is 12.0. The van der Waals surface area contributed by atoms with E-state index in [1.54, 1.807) is 9.58 Å². The number of aromatic nitrogens is 4. The average Bonchev–Trinajstić information content (AvgIpc) is 3.50. The molecule has 39 heavy (non-hydrogen) atoms. The van der Waals surface area contributed by atoms with Gasteiger partial charge in [-0.3, -0.25) is 4.79 Å². The van der Waals surface area contributed by atoms with Crippen LogP contribution in [0.25, 0.3) is 22.3 Å². The van der Waals surface area contributed by atoms with E-state index in [-0.39, 0.29) is 40.5 Å². The summed E-state index contributed by atoms with van der Waals surface area (Å²) in [6.45, 7) is 6.38. The minimum atomic E-state index is -1.76. The molecule has 0 saturated carbocycles. The molecule has 1 saturated heterocycles. The minimum absolute atomic E-state index is 0.0106. The van der Waals surface area contributed by atoms with Crippen molar-refractivity contribution in [2.45, 2.75) is 33.2 Å². The number of rotatable bonds is 4. The Balaban J connectivity index is 1.52. The van der Waals surface area contributed by atoms with Gasteiger partial charge in [0.1, 0.15) is 29.4 Å². The summed E-state index contributed by atoms with van der Waals surface area (Å²) in [5, 5.41) is 4.85. The van der Waals surface area contributed by atoms with E-state index in [0.717, 1.165) is 12.1 Å². The molecule has 3 heterocycles. The minimum Gasteiger partial charge on any atom is -0.451 e. The van der Waals surface area contributed by atoms with Gasteiger partial charge in [-0.2, -0.15) is 13.9 Å². The molecule has 5 rings (SSSR count). The Kier molecular flexibility index (Phi) is 6.39. The van der Waals surface area contributed by atoms with Gasteiger partial charge in [-0.25, -0.2) is 27.8 Å². The van der Waals surface area contributed by atoms with Crippen LogP contribution in [0.15, 0.2) is 30.6 Å². The van der Waals surface area contributed by atoms with E-state index in [4.69, 9.17) is 10.5 Å². The van der Waals surface area contributed by atoms with Crippen molar-refractivity contribution in [3.8, 4) is 22.8 Å². The van der Waals surface area contributed by atoms with Crippen LogP contribution in [0, 0.1) is 34.5 Å². The molecule has 4 aromatic rings. The summed E-state index contributed by atoms with van der Waals surface area (Å²) < 4.78 is 77.0. The molecule has 0 bridgehead atoms. The van der Waals surface area contributed by atoms with E-state index in [2.05, 4.69) is 15.1 Å². The molecule has 0 aliphatic carbocycles. The molecule has 1 aliphatic rings. The monoisotopic (exact) mass is 546 g/mol. The van der Waals surface area contributed by atoms with Gasteiger partial charge in [-0.1, -0.05) is 20.8 Å². The lowest BCUT2D eigenvalue weighted by atomic mass is 9.95. The number of carbonyl (C=O) groups is 1. The van der Waals surface area contributed by atoms with Crippen LogP contribution in [0.4, 0.5) is 27.8 Å². The van der Waals surface area contributed by atoms with Gasteiger partial charge in [0.15, 0.2) is 17.3 Å². The third-order valence-electron chi connectivity index (χ3n) is 6.44. The lowest BCUT2D eigenvalue weighted by Crippen LogP contribution is -2.38. The van der Waals surface area contributed by atoms with E-state index >= 15 is 4.39 Å². The van der Waals surface area contributed by atoms with E-state index in [0.29, 0.717) is 25.2 Å². The normalized spacial score (nSPS) is 15.8. The number of fused-ring (bicyclic) bond motifs is 1. The van der Waals surface area contributed by atoms with Crippen molar-refractivity contribution >= 4 is 22.8 Å². The summed E-state index contributed by atoms with van der Waals surface area (Å²) in [5.41, 5.74) is 5.93. The van der Waals surface area contributed by atoms with E-state index in [1.165, 1.54) is 12.4 Å². The number of nitrogens with two attached hydrogens (primary N) is 1. The molecule has 0 radical (unpaired) electrons. The van der Waals surface area contributed by atoms with E-state index in [9.17, 15) is 22.4 Å². The Morgan fingerprint density at radius 2 is 1.72 bits per heavy atom. The second kappa shape index (κ2) is 9.47. The molecule has 204 valence electrons. The molecule has 2 N–H and O–H groups in total. The van der Waals surface area contributed by atoms with E-state index in [1.807, 2.05) is 20.8 Å². The number of nitrogen functional groups attached to an aromatic ring is 1. The maximum absolute atomic E-state index is 15.3. The summed E-state index contributed by atoms with van der Waals surface area (Å²) in [5.74, 6) is -9.50. The molecular weight excluding hydrogens is 523 g/mol. The van der Waals surface area contributed by atoms with Crippen molar-refractivity contribution in [1.82, 2.24) is 24.6 Å². The molecule has 1 amide bonds. The molecular formula is C26H23F5N6O2. The summed E-state index contributed by atoms with van der Waals surface area (Å²) in [6, 6.07) is 2.95. The second-order valence-electron chi connectivity index (χ2n) is 10.2. The van der Waals surface area contributed by atoms with Gasteiger partial charge in [0.25, 0.3) is 0 Å². The van der Waals surface area contributed by atoms with Crippen molar-refractivity contribution in [3.63, 3.8) is 0 Å². The van der Waals surface area contributed by atoms with Crippen molar-refractivity contribution in [2.24, 2.45) is 5.41 Å². The molecule has 13 heteroatoms. The molecule has 8 nitrogen and oxygen atoms in total. The Morgan fingerprint density at radius 3 is 2.36 bits per heavy atom. The lowest BCUT2D eigenvalue weighted by Gasteiger charge is -2.25. The zero-order chi connectivity index (χ0) is 28.2. The van der Waals surface area contributed by atoms with Gasteiger partial charge in [0.2, 0.25) is 23.3 Å². The van der Waals surface area contributed by atoms with Crippen LogP contribution >= 0.6 is 0 Å². The Bertz CT molecular complexity index is 1590. The van der Waals surface area contributed by atoms with Crippen molar-refractivity contribution in [2.75, 3.05) is 18.8 Å². The van der Waals surface area contributed by atoms with Crippen LogP contribution in [0.3, 0.4) is 0 Å². The van der Waals surface area contributed by atoms with Crippen LogP contribution in [-0.2, 0) is 4.79 Å². The highest BCUT2D eigenvalue weighted by molar-refractivity contribution is 5.98. The number of benzene rings is 2. The fourth-order valence-corrected chi connectivity index (χ4v) is 4.55. The summed E-state index contributed by atoms with van der Waals surface area (Å²) in [6.07, 6.45) is 1.83. The van der Waals surface area contributed by atoms with Crippen molar-refractivity contribution < 1.29 is 31.5 Å². The van der Waals surface area contributed by atoms with Gasteiger partial charge in [0, 0.05) is 36.2 Å². The maximum Gasteiger partial charge on any atom is 0.228 e. The third kappa shape index (κ3) is 4.61. The van der Waals surface area contributed by atoms with E-state index < -0.39 is 46.0 Å². The largest absolute Gasteiger partial charge is 0.451 e. The average molecular weight is 547 g/mol. The van der Waals surface area contributed by atoms with Crippen LogP contribution in [-0.4, -0.2) is 43.6 Å². The molecule has 1 fully saturated rings. The SMILES string of the molecule is CC(C)(C)C(=O)N1CC[C@@H](n2nc(-c3ccc(Oc4c(F)c(F)cc(F)c4F)cc3F)c3c(N)ncnc32)C1. The first-order chi connectivity index (χ1) is 18.4. The van der Waals surface area contributed by atoms with Gasteiger partial charge < -0.3 is 15.4 Å². The van der Waals surface area contributed by atoms with Gasteiger partial charge in [0.05, 0.1) is 11.4 Å². The Labute approximate surface area is 219 Å². The number of carbonyl (C=O) groups excluding carboxylic acids is 1. The number of amides is 1. The molecule has 2 aromatic heterocycles. The fourth-order valence-electron chi connectivity index (χ4n) is 4.55. The number of nitrogens with zero attached hydrogens (tertiary/aromatic N) is 5. The highest BCUT2D eigenvalue weighted by atomic mass is 19.2. The quantitative estimate of drug-likeness (QED) is 0.273. The Hall–Kier alpha value is -4.29. The summed E-state index contributed by atoms with van der Waals surface area (Å²) in [7, 11) is 0. The smallest absolute Gasteiger partial charge is 0.228 e. The topological polar surface area (TPSA) is 99.2 Å². The van der Waals surface area contributed by atoms with Crippen LogP contribution < -0.4 is 10.5 Å². The van der Waals surface area contributed by atoms with Crippen LogP contribution in [0.1, 0.15) is 33.2 Å². The van der Waals surface area contributed by atoms with Gasteiger partial charge in [-0.15, -0.1) is 0 Å². The first kappa shape index (κ1) is 26.3. The van der Waals surface area contributed by atoms with Gasteiger partial charge in [-0.05, 0) is 18.6 Å². The number of hydrogen-bond acceptors (Lipinski definition) is 6. The third-order valence-corrected chi connectivity index (χ3v) is 6.44. The zero-order valence-electron chi connectivity index (χ0n) is 21.1. The predicted molar refractivity (Wildman–Crippen MR) is 131 cm³/mol. The second-order valence-corrected chi connectivity index (χ2v) is 10.2. The Morgan fingerprint density at radius 1 is 1.03 bits per heavy atom. The number of halogens is 5. The number of hydrogen-bond donors (Lipinski definition) is 1. The highest BCUT2D eigenvalue weighted by Gasteiger charge is 2.35. The maximum atomic E-state index is 15.3. The number of likely N-dealkylation sites (tertiary alicyclic amines) is 1. The molecule has 1 atom stereocenters. The van der Waals surface area contributed by atoms with Crippen LogP contribution in [0.5, 0.6) is 11.5 Å². The molecule has 1 aliphatic heterocycles. The predicted octanol–water partition coefficient (Wildman–Crippen LogP) is 5.38. The lowest BCUT2D eigenvalue weighted by molar-refractivity contribution is -0.138. The summed E-state index contributed by atoms with van der Waals surface area (Å²) in [4.78, 5) is 22.8. The fraction of sp³-hybridized carbons (Fsp3) is 0.308. The number of ether oxygens (including phenoxy) is 1. The van der Waals surface area contributed by atoms with Crippen molar-refractivity contribution in [1.29, 1.82) is 0 Å².